The van der Waals surface area contributed by atoms with Crippen LogP contribution in [0.4, 0.5) is 0 Å². The number of aliphatic imine (C=N–C) groups is 1. The summed E-state index contributed by atoms with van der Waals surface area (Å²) in [6.45, 7) is 4.62. The number of carbonyl (C=O) groups excluding carboxylic acids is 1. The lowest BCUT2D eigenvalue weighted by Crippen LogP contribution is -2.48. The predicted molar refractivity (Wildman–Crippen MR) is 137 cm³/mol. The van der Waals surface area contributed by atoms with E-state index < -0.39 is 0 Å². The number of nitrogens with zero attached hydrogens (tertiary/aromatic N) is 2. The largest absolute Gasteiger partial charge is 0.497 e. The molecule has 1 aromatic carbocycles. The molecule has 0 unspecified atom stereocenters. The number of ether oxygens (including phenoxy) is 3. The molecular formula is C23H35IN4O4. The highest BCUT2D eigenvalue weighted by molar-refractivity contribution is 14.0. The van der Waals surface area contributed by atoms with Gasteiger partial charge in [0.05, 0.1) is 32.3 Å². The first-order valence-corrected chi connectivity index (χ1v) is 10.9. The highest BCUT2D eigenvalue weighted by atomic mass is 127. The normalized spacial score (nSPS) is 16.4. The number of guanidine groups is 1. The predicted octanol–water partition coefficient (Wildman–Crippen LogP) is 3.59. The molecule has 1 aliphatic rings. The van der Waals surface area contributed by atoms with E-state index in [1.807, 2.05) is 19.1 Å². The van der Waals surface area contributed by atoms with Crippen molar-refractivity contribution in [3.8, 4) is 11.5 Å². The van der Waals surface area contributed by atoms with Crippen LogP contribution in [0.3, 0.4) is 0 Å². The van der Waals surface area contributed by atoms with E-state index in [1.54, 1.807) is 21.3 Å². The van der Waals surface area contributed by atoms with Gasteiger partial charge in [-0.15, -0.1) is 24.0 Å². The fraction of sp³-hybridized carbons (Fsp3) is 0.565. The van der Waals surface area contributed by atoms with Crippen molar-refractivity contribution in [1.82, 2.24) is 15.2 Å². The van der Waals surface area contributed by atoms with Crippen LogP contribution in [-0.2, 0) is 16.0 Å². The third-order valence-electron chi connectivity index (χ3n) is 5.64. The van der Waals surface area contributed by atoms with Crippen molar-refractivity contribution in [2.75, 3.05) is 47.5 Å². The third-order valence-corrected chi connectivity index (χ3v) is 5.64. The number of likely N-dealkylation sites (tertiary alicyclic amines) is 1. The van der Waals surface area contributed by atoms with Gasteiger partial charge >= 0.3 is 5.97 Å². The number of H-pyrrole nitrogens is 1. The van der Waals surface area contributed by atoms with Crippen molar-refractivity contribution >= 4 is 46.8 Å². The minimum absolute atomic E-state index is 0. The van der Waals surface area contributed by atoms with E-state index in [9.17, 15) is 4.79 Å². The van der Waals surface area contributed by atoms with Gasteiger partial charge in [0, 0.05) is 49.9 Å². The highest BCUT2D eigenvalue weighted by Gasteiger charge is 2.28. The number of esters is 1. The number of aryl methyl sites for hydroxylation is 1. The average molecular weight is 558 g/mol. The van der Waals surface area contributed by atoms with Crippen LogP contribution in [0, 0.1) is 5.92 Å². The lowest BCUT2D eigenvalue weighted by Gasteiger charge is -2.33. The fourth-order valence-corrected chi connectivity index (χ4v) is 4.09. The second kappa shape index (κ2) is 12.8. The maximum Gasteiger partial charge on any atom is 0.310 e. The van der Waals surface area contributed by atoms with Crippen LogP contribution < -0.4 is 14.8 Å². The minimum Gasteiger partial charge on any atom is -0.497 e. The van der Waals surface area contributed by atoms with Crippen LogP contribution in [-0.4, -0.2) is 69.3 Å². The van der Waals surface area contributed by atoms with Crippen molar-refractivity contribution in [1.29, 1.82) is 0 Å². The number of piperidine rings is 1. The minimum atomic E-state index is -0.103. The Morgan fingerprint density at radius 1 is 1.28 bits per heavy atom. The molecule has 178 valence electrons. The topological polar surface area (TPSA) is 88.2 Å². The van der Waals surface area contributed by atoms with Gasteiger partial charge in [0.1, 0.15) is 11.5 Å². The van der Waals surface area contributed by atoms with Gasteiger partial charge in [0.25, 0.3) is 0 Å². The molecule has 32 heavy (non-hydrogen) atoms. The van der Waals surface area contributed by atoms with Crippen molar-refractivity contribution in [3.05, 3.63) is 23.9 Å². The van der Waals surface area contributed by atoms with Crippen LogP contribution in [0.2, 0.25) is 0 Å². The number of nitrogens with one attached hydrogen (secondary N) is 2. The number of fused-ring (bicyclic) bond motifs is 1. The summed E-state index contributed by atoms with van der Waals surface area (Å²) in [5.74, 6) is 2.23. The maximum atomic E-state index is 12.1. The Balaban J connectivity index is 0.00000363. The summed E-state index contributed by atoms with van der Waals surface area (Å²) in [6, 6.07) is 6.02. The molecule has 1 saturated heterocycles. The van der Waals surface area contributed by atoms with Crippen LogP contribution in [0.25, 0.3) is 10.9 Å². The monoisotopic (exact) mass is 558 g/mol. The Kier molecular flexibility index (Phi) is 10.4. The van der Waals surface area contributed by atoms with Crippen LogP contribution in [0.1, 0.15) is 31.9 Å². The van der Waals surface area contributed by atoms with E-state index in [1.165, 1.54) is 0 Å². The molecule has 0 bridgehead atoms. The van der Waals surface area contributed by atoms with Crippen molar-refractivity contribution in [2.24, 2.45) is 10.9 Å². The van der Waals surface area contributed by atoms with Crippen LogP contribution in [0.5, 0.6) is 11.5 Å². The van der Waals surface area contributed by atoms with Crippen molar-refractivity contribution in [2.45, 2.75) is 32.6 Å². The molecule has 0 aliphatic carbocycles. The second-order valence-electron chi connectivity index (χ2n) is 7.70. The zero-order valence-corrected chi connectivity index (χ0v) is 21.7. The third kappa shape index (κ3) is 6.43. The van der Waals surface area contributed by atoms with Gasteiger partial charge in [-0.05, 0) is 38.7 Å². The molecule has 0 radical (unpaired) electrons. The van der Waals surface area contributed by atoms with E-state index in [4.69, 9.17) is 14.2 Å². The number of halogens is 1. The first kappa shape index (κ1) is 26.1. The lowest BCUT2D eigenvalue weighted by atomic mass is 9.98. The summed E-state index contributed by atoms with van der Waals surface area (Å²) in [4.78, 5) is 22.1. The molecule has 2 heterocycles. The smallest absolute Gasteiger partial charge is 0.310 e. The number of methoxy groups -OCH3 is 2. The second-order valence-corrected chi connectivity index (χ2v) is 7.70. The number of rotatable bonds is 8. The van der Waals surface area contributed by atoms with Crippen molar-refractivity contribution < 1.29 is 19.0 Å². The molecule has 1 aromatic heterocycles. The number of aromatic nitrogens is 1. The molecule has 2 N–H and O–H groups in total. The molecule has 3 rings (SSSR count). The molecule has 1 aliphatic heterocycles. The summed E-state index contributed by atoms with van der Waals surface area (Å²) in [6.07, 6.45) is 3.68. The quantitative estimate of drug-likeness (QED) is 0.169. The molecule has 0 saturated carbocycles. The Labute approximate surface area is 207 Å². The maximum absolute atomic E-state index is 12.1. The number of aromatic amines is 1. The van der Waals surface area contributed by atoms with Gasteiger partial charge < -0.3 is 29.4 Å². The lowest BCUT2D eigenvalue weighted by molar-refractivity contribution is -0.149. The number of carbonyl (C=O) groups is 1. The summed E-state index contributed by atoms with van der Waals surface area (Å²) in [5.41, 5.74) is 2.16. The van der Waals surface area contributed by atoms with E-state index in [0.29, 0.717) is 13.2 Å². The van der Waals surface area contributed by atoms with Crippen LogP contribution in [0.15, 0.2) is 23.2 Å². The van der Waals surface area contributed by atoms with Crippen molar-refractivity contribution in [3.63, 3.8) is 0 Å². The molecule has 2 aromatic rings. The van der Waals surface area contributed by atoms with Gasteiger partial charge in [0.2, 0.25) is 0 Å². The fourth-order valence-electron chi connectivity index (χ4n) is 4.09. The van der Waals surface area contributed by atoms with Gasteiger partial charge in [-0.2, -0.15) is 0 Å². The number of hydrogen-bond donors (Lipinski definition) is 2. The summed E-state index contributed by atoms with van der Waals surface area (Å²) in [7, 11) is 5.11. The Hall–Kier alpha value is -2.17. The SMILES string of the molecule is CCOC(=O)[C@@H]1CCCN(C(=NC)NCCCc2cc3c(OC)cc(OC)cc3[nH]2)C1.I. The van der Waals surface area contributed by atoms with Crippen LogP contribution >= 0.6 is 24.0 Å². The summed E-state index contributed by atoms with van der Waals surface area (Å²) in [5, 5.41) is 4.50. The zero-order valence-electron chi connectivity index (χ0n) is 19.4. The van der Waals surface area contributed by atoms with Gasteiger partial charge in [-0.3, -0.25) is 9.79 Å². The molecule has 1 fully saturated rings. The van der Waals surface area contributed by atoms with Gasteiger partial charge in [-0.1, -0.05) is 0 Å². The highest BCUT2D eigenvalue weighted by Crippen LogP contribution is 2.31. The Morgan fingerprint density at radius 2 is 2.09 bits per heavy atom. The van der Waals surface area contributed by atoms with E-state index in [0.717, 1.165) is 72.8 Å². The van der Waals surface area contributed by atoms with E-state index >= 15 is 0 Å². The first-order chi connectivity index (χ1) is 15.1. The Morgan fingerprint density at radius 3 is 2.78 bits per heavy atom. The Bertz CT molecular complexity index is 915. The number of benzene rings is 1. The van der Waals surface area contributed by atoms with Gasteiger partial charge in [-0.25, -0.2) is 0 Å². The first-order valence-electron chi connectivity index (χ1n) is 10.9. The van der Waals surface area contributed by atoms with Gasteiger partial charge in [0.15, 0.2) is 5.96 Å². The molecule has 0 amide bonds. The molecule has 1 atom stereocenters. The van der Waals surface area contributed by atoms with E-state index in [-0.39, 0.29) is 35.9 Å². The standard InChI is InChI=1S/C23H34N4O4.HI/c1-5-31-22(28)16-8-7-11-27(15-16)23(24-2)25-10-6-9-17-12-19-20(26-17)13-18(29-3)14-21(19)30-4;/h12-14,16,26H,5-11,15H2,1-4H3,(H,24,25);1H/t16-;/m1./s1. The molecule has 9 heteroatoms. The molecular weight excluding hydrogens is 523 g/mol. The zero-order chi connectivity index (χ0) is 22.2. The summed E-state index contributed by atoms with van der Waals surface area (Å²) >= 11 is 0. The number of hydrogen-bond acceptors (Lipinski definition) is 5. The average Bonchev–Trinajstić information content (AvgIpc) is 3.21. The molecule has 0 spiro atoms. The summed E-state index contributed by atoms with van der Waals surface area (Å²) < 4.78 is 16.0. The van der Waals surface area contributed by atoms with E-state index in [2.05, 4.69) is 26.3 Å². The molecule has 8 nitrogen and oxygen atoms in total.